The van der Waals surface area contributed by atoms with E-state index >= 15 is 0 Å². The second-order valence-electron chi connectivity index (χ2n) is 6.08. The van der Waals surface area contributed by atoms with Crippen LogP contribution in [0, 0.1) is 0 Å². The standard InChI is InChI=1S/C21H18N4O3/c1-27-17-10-5-9-16(13-17)22-19(26)14-25-12-6-11-18(25)21-24-23-20(28-21)15-7-3-2-4-8-15/h2-13H,14H2,1H3,(H,22,26). The van der Waals surface area contributed by atoms with Crippen molar-refractivity contribution in [1.82, 2.24) is 14.8 Å². The summed E-state index contributed by atoms with van der Waals surface area (Å²) in [4.78, 5) is 12.5. The number of nitrogens with zero attached hydrogens (tertiary/aromatic N) is 3. The molecular weight excluding hydrogens is 356 g/mol. The van der Waals surface area contributed by atoms with Crippen molar-refractivity contribution in [2.45, 2.75) is 6.54 Å². The molecule has 0 spiro atoms. The number of carbonyl (C=O) groups excluding carboxylic acids is 1. The lowest BCUT2D eigenvalue weighted by molar-refractivity contribution is -0.116. The monoisotopic (exact) mass is 374 g/mol. The molecule has 7 heteroatoms. The van der Waals surface area contributed by atoms with E-state index in [1.807, 2.05) is 54.6 Å². The van der Waals surface area contributed by atoms with E-state index in [4.69, 9.17) is 9.15 Å². The Hall–Kier alpha value is -3.87. The van der Waals surface area contributed by atoms with Crippen LogP contribution in [0.4, 0.5) is 5.69 Å². The largest absolute Gasteiger partial charge is 0.497 e. The molecule has 0 atom stereocenters. The van der Waals surface area contributed by atoms with Crippen molar-refractivity contribution in [1.29, 1.82) is 0 Å². The Bertz CT molecular complexity index is 1090. The van der Waals surface area contributed by atoms with Gasteiger partial charge in [0, 0.05) is 23.5 Å². The Labute approximate surface area is 161 Å². The summed E-state index contributed by atoms with van der Waals surface area (Å²) in [5.41, 5.74) is 2.19. The summed E-state index contributed by atoms with van der Waals surface area (Å²) >= 11 is 0. The molecule has 2 aromatic carbocycles. The first-order chi connectivity index (χ1) is 13.7. The molecule has 4 rings (SSSR count). The van der Waals surface area contributed by atoms with Crippen LogP contribution in [0.3, 0.4) is 0 Å². The van der Waals surface area contributed by atoms with E-state index in [-0.39, 0.29) is 12.5 Å². The van der Waals surface area contributed by atoms with E-state index in [1.54, 1.807) is 30.0 Å². The van der Waals surface area contributed by atoms with Gasteiger partial charge in [0.25, 0.3) is 5.89 Å². The molecule has 7 nitrogen and oxygen atoms in total. The van der Waals surface area contributed by atoms with Gasteiger partial charge in [-0.15, -0.1) is 10.2 Å². The maximum absolute atomic E-state index is 12.5. The predicted octanol–water partition coefficient (Wildman–Crippen LogP) is 3.85. The number of rotatable bonds is 6. The summed E-state index contributed by atoms with van der Waals surface area (Å²) in [7, 11) is 1.58. The zero-order chi connectivity index (χ0) is 19.3. The normalized spacial score (nSPS) is 10.6. The molecule has 2 aromatic heterocycles. The highest BCUT2D eigenvalue weighted by Crippen LogP contribution is 2.24. The highest BCUT2D eigenvalue weighted by atomic mass is 16.5. The number of benzene rings is 2. The summed E-state index contributed by atoms with van der Waals surface area (Å²) in [6.07, 6.45) is 1.80. The Balaban J connectivity index is 1.50. The summed E-state index contributed by atoms with van der Waals surface area (Å²) < 4.78 is 12.7. The fourth-order valence-electron chi connectivity index (χ4n) is 2.83. The number of hydrogen-bond donors (Lipinski definition) is 1. The van der Waals surface area contributed by atoms with Gasteiger partial charge in [0.2, 0.25) is 11.8 Å². The highest BCUT2D eigenvalue weighted by Gasteiger charge is 2.15. The average Bonchev–Trinajstić information content (AvgIpc) is 3.38. The molecule has 1 amide bonds. The number of ether oxygens (including phenoxy) is 1. The van der Waals surface area contributed by atoms with Crippen LogP contribution in [-0.2, 0) is 11.3 Å². The van der Waals surface area contributed by atoms with Crippen molar-refractivity contribution >= 4 is 11.6 Å². The van der Waals surface area contributed by atoms with Crippen LogP contribution in [-0.4, -0.2) is 27.8 Å². The minimum absolute atomic E-state index is 0.114. The zero-order valence-corrected chi connectivity index (χ0v) is 15.2. The molecule has 140 valence electrons. The van der Waals surface area contributed by atoms with Gasteiger partial charge in [-0.25, -0.2) is 0 Å². The lowest BCUT2D eigenvalue weighted by Crippen LogP contribution is -2.18. The third kappa shape index (κ3) is 3.78. The summed E-state index contributed by atoms with van der Waals surface area (Å²) in [6, 6.07) is 20.4. The van der Waals surface area contributed by atoms with Gasteiger partial charge in [0.1, 0.15) is 18.0 Å². The molecule has 2 heterocycles. The van der Waals surface area contributed by atoms with Crippen LogP contribution >= 0.6 is 0 Å². The van der Waals surface area contributed by atoms with Crippen LogP contribution in [0.1, 0.15) is 0 Å². The van der Waals surface area contributed by atoms with Gasteiger partial charge >= 0.3 is 0 Å². The Morgan fingerprint density at radius 3 is 2.68 bits per heavy atom. The Kier molecular flexibility index (Phi) is 4.88. The Morgan fingerprint density at radius 1 is 1.04 bits per heavy atom. The van der Waals surface area contributed by atoms with E-state index < -0.39 is 0 Å². The van der Waals surface area contributed by atoms with Gasteiger partial charge in [-0.3, -0.25) is 4.79 Å². The maximum atomic E-state index is 12.5. The number of carbonyl (C=O) groups is 1. The van der Waals surface area contributed by atoms with E-state index in [0.717, 1.165) is 5.56 Å². The predicted molar refractivity (Wildman–Crippen MR) is 105 cm³/mol. The third-order valence-electron chi connectivity index (χ3n) is 4.16. The second-order valence-corrected chi connectivity index (χ2v) is 6.08. The number of aromatic nitrogens is 3. The SMILES string of the molecule is COc1cccc(NC(=O)Cn2cccc2-c2nnc(-c3ccccc3)o2)c1. The van der Waals surface area contributed by atoms with Crippen molar-refractivity contribution in [3.05, 3.63) is 72.9 Å². The quantitative estimate of drug-likeness (QED) is 0.554. The van der Waals surface area contributed by atoms with Crippen molar-refractivity contribution in [3.63, 3.8) is 0 Å². The number of hydrogen-bond acceptors (Lipinski definition) is 5. The van der Waals surface area contributed by atoms with Gasteiger partial charge in [-0.1, -0.05) is 24.3 Å². The molecule has 0 saturated carbocycles. The molecule has 0 saturated heterocycles. The zero-order valence-electron chi connectivity index (χ0n) is 15.2. The first kappa shape index (κ1) is 17.5. The second kappa shape index (κ2) is 7.79. The molecule has 0 aliphatic carbocycles. The molecule has 0 unspecified atom stereocenters. The van der Waals surface area contributed by atoms with Crippen molar-refractivity contribution in [2.75, 3.05) is 12.4 Å². The lowest BCUT2D eigenvalue weighted by Gasteiger charge is -2.09. The number of nitrogens with one attached hydrogen (secondary N) is 1. The topological polar surface area (TPSA) is 82.2 Å². The van der Waals surface area contributed by atoms with Gasteiger partial charge in [0.05, 0.1) is 7.11 Å². The molecule has 28 heavy (non-hydrogen) atoms. The lowest BCUT2D eigenvalue weighted by atomic mass is 10.2. The molecule has 0 aliphatic heterocycles. The van der Waals surface area contributed by atoms with Crippen LogP contribution in [0.5, 0.6) is 5.75 Å². The molecule has 0 radical (unpaired) electrons. The van der Waals surface area contributed by atoms with Crippen LogP contribution in [0.15, 0.2) is 77.3 Å². The molecule has 0 aliphatic rings. The number of anilines is 1. The van der Waals surface area contributed by atoms with Gasteiger partial charge in [-0.05, 0) is 36.4 Å². The van der Waals surface area contributed by atoms with Crippen LogP contribution < -0.4 is 10.1 Å². The van der Waals surface area contributed by atoms with Gasteiger partial charge in [-0.2, -0.15) is 0 Å². The van der Waals surface area contributed by atoms with E-state index in [2.05, 4.69) is 15.5 Å². The van der Waals surface area contributed by atoms with Gasteiger partial charge < -0.3 is 19.0 Å². The molecular formula is C21H18N4O3. The first-order valence-corrected chi connectivity index (χ1v) is 8.71. The van der Waals surface area contributed by atoms with E-state index in [9.17, 15) is 4.79 Å². The van der Waals surface area contributed by atoms with Gasteiger partial charge in [0.15, 0.2) is 0 Å². The molecule has 4 aromatic rings. The average molecular weight is 374 g/mol. The Morgan fingerprint density at radius 2 is 1.86 bits per heavy atom. The summed E-state index contributed by atoms with van der Waals surface area (Å²) in [5, 5.41) is 11.1. The fraction of sp³-hybridized carbons (Fsp3) is 0.0952. The minimum Gasteiger partial charge on any atom is -0.497 e. The number of methoxy groups -OCH3 is 1. The van der Waals surface area contributed by atoms with Crippen molar-refractivity contribution in [2.24, 2.45) is 0 Å². The fourth-order valence-corrected chi connectivity index (χ4v) is 2.83. The third-order valence-corrected chi connectivity index (χ3v) is 4.16. The van der Waals surface area contributed by atoms with Crippen LogP contribution in [0.2, 0.25) is 0 Å². The summed E-state index contributed by atoms with van der Waals surface area (Å²) in [6.45, 7) is 0.114. The molecule has 0 bridgehead atoms. The van der Waals surface area contributed by atoms with Crippen molar-refractivity contribution < 1.29 is 13.9 Å². The van der Waals surface area contributed by atoms with Crippen molar-refractivity contribution in [3.8, 4) is 28.8 Å². The van der Waals surface area contributed by atoms with E-state index in [1.165, 1.54) is 0 Å². The first-order valence-electron chi connectivity index (χ1n) is 8.71. The minimum atomic E-state index is -0.173. The maximum Gasteiger partial charge on any atom is 0.264 e. The summed E-state index contributed by atoms with van der Waals surface area (Å²) in [5.74, 6) is 1.30. The van der Waals surface area contributed by atoms with E-state index in [0.29, 0.717) is 28.9 Å². The molecule has 1 N–H and O–H groups in total. The van der Waals surface area contributed by atoms with Crippen LogP contribution in [0.25, 0.3) is 23.0 Å². The molecule has 0 fully saturated rings. The number of amides is 1. The smallest absolute Gasteiger partial charge is 0.264 e. The highest BCUT2D eigenvalue weighted by molar-refractivity contribution is 5.91.